The average Bonchev–Trinajstić information content (AvgIpc) is 2.72. The largest absolute Gasteiger partial charge is 0.489 e. The van der Waals surface area contributed by atoms with Crippen LogP contribution >= 0.6 is 11.6 Å². The molecule has 0 aliphatic rings. The molecule has 3 aromatic rings. The first-order valence-electron chi connectivity index (χ1n) is 8.56. The van der Waals surface area contributed by atoms with E-state index in [2.05, 4.69) is 15.6 Å². The number of benzene rings is 2. The molecule has 0 saturated heterocycles. The van der Waals surface area contributed by atoms with Crippen LogP contribution in [0.25, 0.3) is 0 Å². The fourth-order valence-corrected chi connectivity index (χ4v) is 2.52. The van der Waals surface area contributed by atoms with E-state index < -0.39 is 5.91 Å². The van der Waals surface area contributed by atoms with Gasteiger partial charge in [-0.2, -0.15) is 0 Å². The summed E-state index contributed by atoms with van der Waals surface area (Å²) in [5.41, 5.74) is 1.83. The van der Waals surface area contributed by atoms with Crippen LogP contribution in [0, 0.1) is 0 Å². The Morgan fingerprint density at radius 1 is 1.00 bits per heavy atom. The van der Waals surface area contributed by atoms with Gasteiger partial charge in [-0.3, -0.25) is 14.6 Å². The topological polar surface area (TPSA) is 80.3 Å². The number of hydrogen-bond donors (Lipinski definition) is 2. The Bertz CT molecular complexity index is 947. The molecule has 7 heteroatoms. The van der Waals surface area contributed by atoms with Gasteiger partial charge in [0, 0.05) is 16.9 Å². The number of aromatic nitrogens is 1. The fraction of sp³-hybridized carbons (Fsp3) is 0.0952. The number of ether oxygens (including phenoxy) is 1. The number of hydrogen-bond acceptors (Lipinski definition) is 4. The molecule has 2 amide bonds. The molecule has 0 aliphatic carbocycles. The van der Waals surface area contributed by atoms with E-state index in [1.165, 1.54) is 12.3 Å². The Labute approximate surface area is 167 Å². The highest BCUT2D eigenvalue weighted by Gasteiger charge is 2.10. The predicted molar refractivity (Wildman–Crippen MR) is 107 cm³/mol. The van der Waals surface area contributed by atoms with Gasteiger partial charge in [0.2, 0.25) is 5.91 Å². The summed E-state index contributed by atoms with van der Waals surface area (Å²) in [7, 11) is 0. The van der Waals surface area contributed by atoms with Gasteiger partial charge in [-0.05, 0) is 42.0 Å². The second kappa shape index (κ2) is 9.53. The van der Waals surface area contributed by atoms with E-state index in [0.717, 1.165) is 5.56 Å². The molecule has 0 unspecified atom stereocenters. The van der Waals surface area contributed by atoms with Crippen molar-refractivity contribution in [1.29, 1.82) is 0 Å². The lowest BCUT2D eigenvalue weighted by Gasteiger charge is -2.09. The number of rotatable bonds is 7. The standard InChI is InChI=1S/C21H18ClN3O3/c22-16-10-11-23-19(12-16)21(27)24-13-20(26)25-17-6-8-18(9-7-17)28-14-15-4-2-1-3-5-15/h1-12H,13-14H2,(H,24,27)(H,25,26). The van der Waals surface area contributed by atoms with Gasteiger partial charge in [-0.15, -0.1) is 0 Å². The van der Waals surface area contributed by atoms with Crippen molar-refractivity contribution in [2.75, 3.05) is 11.9 Å². The van der Waals surface area contributed by atoms with Crippen LogP contribution in [0.5, 0.6) is 5.75 Å². The normalized spacial score (nSPS) is 10.2. The fourth-order valence-electron chi connectivity index (χ4n) is 2.36. The average molecular weight is 396 g/mol. The lowest BCUT2D eigenvalue weighted by atomic mass is 10.2. The van der Waals surface area contributed by atoms with Crippen molar-refractivity contribution < 1.29 is 14.3 Å². The quantitative estimate of drug-likeness (QED) is 0.639. The molecule has 1 aromatic heterocycles. The van der Waals surface area contributed by atoms with E-state index in [4.69, 9.17) is 16.3 Å². The minimum absolute atomic E-state index is 0.153. The van der Waals surface area contributed by atoms with E-state index in [1.54, 1.807) is 30.3 Å². The maximum Gasteiger partial charge on any atom is 0.270 e. The second-order valence-electron chi connectivity index (χ2n) is 5.89. The molecule has 2 aromatic carbocycles. The molecular weight excluding hydrogens is 378 g/mol. The van der Waals surface area contributed by atoms with Crippen LogP contribution in [0.15, 0.2) is 72.9 Å². The first-order chi connectivity index (χ1) is 13.6. The number of nitrogens with zero attached hydrogens (tertiary/aromatic N) is 1. The van der Waals surface area contributed by atoms with Crippen molar-refractivity contribution in [3.63, 3.8) is 0 Å². The van der Waals surface area contributed by atoms with E-state index in [1.807, 2.05) is 30.3 Å². The monoisotopic (exact) mass is 395 g/mol. The summed E-state index contributed by atoms with van der Waals surface area (Å²) in [5, 5.41) is 5.61. The summed E-state index contributed by atoms with van der Waals surface area (Å²) >= 11 is 5.82. The number of halogens is 1. The van der Waals surface area contributed by atoms with E-state index in [0.29, 0.717) is 23.1 Å². The Kier molecular flexibility index (Phi) is 6.59. The lowest BCUT2D eigenvalue weighted by molar-refractivity contribution is -0.115. The SMILES string of the molecule is O=C(CNC(=O)c1cc(Cl)ccn1)Nc1ccc(OCc2ccccc2)cc1. The summed E-state index contributed by atoms with van der Waals surface area (Å²) < 4.78 is 5.70. The molecule has 0 bridgehead atoms. The molecule has 0 atom stereocenters. The van der Waals surface area contributed by atoms with Gasteiger partial charge >= 0.3 is 0 Å². The number of carbonyl (C=O) groups excluding carboxylic acids is 2. The number of amides is 2. The van der Waals surface area contributed by atoms with E-state index in [-0.39, 0.29) is 18.1 Å². The molecule has 0 saturated carbocycles. The van der Waals surface area contributed by atoms with Gasteiger partial charge in [0.1, 0.15) is 18.1 Å². The van der Waals surface area contributed by atoms with Crippen molar-refractivity contribution in [2.24, 2.45) is 0 Å². The summed E-state index contributed by atoms with van der Waals surface area (Å²) in [6, 6.07) is 19.9. The van der Waals surface area contributed by atoms with Crippen LogP contribution in [0.2, 0.25) is 5.02 Å². The number of nitrogens with one attached hydrogen (secondary N) is 2. The smallest absolute Gasteiger partial charge is 0.270 e. The molecular formula is C21H18ClN3O3. The summed E-state index contributed by atoms with van der Waals surface area (Å²) in [4.78, 5) is 27.9. The van der Waals surface area contributed by atoms with Crippen molar-refractivity contribution >= 4 is 29.1 Å². The maximum absolute atomic E-state index is 12.0. The number of carbonyl (C=O) groups is 2. The van der Waals surface area contributed by atoms with Gasteiger partial charge in [0.15, 0.2) is 0 Å². The first kappa shape index (κ1) is 19.4. The Morgan fingerprint density at radius 2 is 1.75 bits per heavy atom. The van der Waals surface area contributed by atoms with Gasteiger partial charge in [-0.25, -0.2) is 0 Å². The molecule has 6 nitrogen and oxygen atoms in total. The zero-order valence-corrected chi connectivity index (χ0v) is 15.6. The van der Waals surface area contributed by atoms with Crippen LogP contribution in [0.3, 0.4) is 0 Å². The van der Waals surface area contributed by atoms with Crippen LogP contribution in [-0.2, 0) is 11.4 Å². The zero-order valence-electron chi connectivity index (χ0n) is 14.9. The van der Waals surface area contributed by atoms with Crippen LogP contribution < -0.4 is 15.4 Å². The predicted octanol–water partition coefficient (Wildman–Crippen LogP) is 3.68. The third-order valence-corrected chi connectivity index (χ3v) is 3.99. The molecule has 0 aliphatic heterocycles. The van der Waals surface area contributed by atoms with Crippen LogP contribution in [0.1, 0.15) is 16.1 Å². The molecule has 0 spiro atoms. The van der Waals surface area contributed by atoms with E-state index in [9.17, 15) is 9.59 Å². The Balaban J connectivity index is 1.45. The van der Waals surface area contributed by atoms with Gasteiger partial charge in [0.25, 0.3) is 5.91 Å². The summed E-state index contributed by atoms with van der Waals surface area (Å²) in [6.45, 7) is 0.287. The molecule has 28 heavy (non-hydrogen) atoms. The minimum Gasteiger partial charge on any atom is -0.489 e. The summed E-state index contributed by atoms with van der Waals surface area (Å²) in [6.07, 6.45) is 1.43. The second-order valence-corrected chi connectivity index (χ2v) is 6.33. The van der Waals surface area contributed by atoms with Gasteiger partial charge < -0.3 is 15.4 Å². The Hall–Kier alpha value is -3.38. The highest BCUT2D eigenvalue weighted by molar-refractivity contribution is 6.30. The summed E-state index contributed by atoms with van der Waals surface area (Å²) in [5.74, 6) is -0.127. The third kappa shape index (κ3) is 5.82. The van der Waals surface area contributed by atoms with E-state index >= 15 is 0 Å². The molecule has 142 valence electrons. The maximum atomic E-state index is 12.0. The van der Waals surface area contributed by atoms with Crippen LogP contribution in [0.4, 0.5) is 5.69 Å². The highest BCUT2D eigenvalue weighted by Crippen LogP contribution is 2.17. The molecule has 0 fully saturated rings. The van der Waals surface area contributed by atoms with Crippen molar-refractivity contribution in [3.8, 4) is 5.75 Å². The van der Waals surface area contributed by atoms with Crippen LogP contribution in [-0.4, -0.2) is 23.3 Å². The molecule has 3 rings (SSSR count). The molecule has 2 N–H and O–H groups in total. The third-order valence-electron chi connectivity index (χ3n) is 3.75. The van der Waals surface area contributed by atoms with Crippen molar-refractivity contribution in [3.05, 3.63) is 89.2 Å². The minimum atomic E-state index is -0.470. The molecule has 0 radical (unpaired) electrons. The zero-order chi connectivity index (χ0) is 19.8. The van der Waals surface area contributed by atoms with Crippen molar-refractivity contribution in [1.82, 2.24) is 10.3 Å². The van der Waals surface area contributed by atoms with Gasteiger partial charge in [0.05, 0.1) is 6.54 Å². The van der Waals surface area contributed by atoms with Crippen molar-refractivity contribution in [2.45, 2.75) is 6.61 Å². The first-order valence-corrected chi connectivity index (χ1v) is 8.94. The Morgan fingerprint density at radius 3 is 2.46 bits per heavy atom. The molecule has 1 heterocycles. The van der Waals surface area contributed by atoms with Gasteiger partial charge in [-0.1, -0.05) is 41.9 Å². The lowest BCUT2D eigenvalue weighted by Crippen LogP contribution is -2.33. The number of anilines is 1. The number of pyridine rings is 1. The highest BCUT2D eigenvalue weighted by atomic mass is 35.5.